The number of para-hydroxylation sites is 1. The number of hydrogen-bond acceptors (Lipinski definition) is 3. The normalized spacial score (nSPS) is 11.5. The molecule has 0 radical (unpaired) electrons. The summed E-state index contributed by atoms with van der Waals surface area (Å²) < 4.78 is 0. The summed E-state index contributed by atoms with van der Waals surface area (Å²) in [6.45, 7) is 15.2. The molecule has 0 amide bonds. The quantitative estimate of drug-likeness (QED) is 0.775. The Labute approximate surface area is 158 Å². The lowest BCUT2D eigenvalue weighted by Gasteiger charge is -2.05. The van der Waals surface area contributed by atoms with E-state index >= 15 is 0 Å². The summed E-state index contributed by atoms with van der Waals surface area (Å²) in [6, 6.07) is 8.18. The fourth-order valence-electron chi connectivity index (χ4n) is 2.06. The van der Waals surface area contributed by atoms with Crippen molar-refractivity contribution >= 4 is 29.3 Å². The van der Waals surface area contributed by atoms with Crippen LogP contribution < -0.4 is 0 Å². The molecule has 1 aromatic carbocycles. The lowest BCUT2D eigenvalue weighted by molar-refractivity contribution is -0.121. The smallest absolute Gasteiger partial charge is 0.132 e. The molecule has 2 rings (SSSR count). The summed E-state index contributed by atoms with van der Waals surface area (Å²) in [6.07, 6.45) is 3.79. The molecular weight excluding hydrogens is 326 g/mol. The summed E-state index contributed by atoms with van der Waals surface area (Å²) in [5.41, 5.74) is 2.37. The predicted octanol–water partition coefficient (Wildman–Crippen LogP) is 5.40. The number of Topliss-reactive ketones (excluding diaryl/α,β-unsaturated/α-hetero) is 2. The molecule has 1 aromatic heterocycles. The maximum atomic E-state index is 11.2. The second kappa shape index (κ2) is 15.1. The number of benzene rings is 1. The highest BCUT2D eigenvalue weighted by molar-refractivity contribution is 5.84. The number of rotatable bonds is 5. The van der Waals surface area contributed by atoms with E-state index in [9.17, 15) is 9.59 Å². The molecule has 4 heteroatoms. The molecule has 0 fully saturated rings. The van der Waals surface area contributed by atoms with Crippen LogP contribution in [-0.2, 0) is 20.8 Å². The van der Waals surface area contributed by atoms with E-state index < -0.39 is 0 Å². The predicted molar refractivity (Wildman–Crippen MR) is 110 cm³/mol. The van der Waals surface area contributed by atoms with E-state index in [0.29, 0.717) is 5.78 Å². The first-order valence-electron chi connectivity index (χ1n) is 9.21. The van der Waals surface area contributed by atoms with Crippen LogP contribution in [0.3, 0.4) is 0 Å². The van der Waals surface area contributed by atoms with E-state index in [-0.39, 0.29) is 17.6 Å². The highest BCUT2D eigenvalue weighted by Gasteiger charge is 2.11. The van der Waals surface area contributed by atoms with E-state index in [1.807, 2.05) is 59.7 Å². The molecule has 2 atom stereocenters. The van der Waals surface area contributed by atoms with Crippen LogP contribution in [0.1, 0.15) is 60.5 Å². The summed E-state index contributed by atoms with van der Waals surface area (Å²) >= 11 is 0. The summed E-state index contributed by atoms with van der Waals surface area (Å²) in [5, 5.41) is 1.23. The van der Waals surface area contributed by atoms with Crippen LogP contribution in [0.25, 0.3) is 10.9 Å². The Hall–Kier alpha value is -2.23. The van der Waals surface area contributed by atoms with Gasteiger partial charge in [-0.3, -0.25) is 9.59 Å². The van der Waals surface area contributed by atoms with E-state index in [1.54, 1.807) is 13.8 Å². The molecule has 0 aliphatic heterocycles. The molecule has 0 saturated heterocycles. The lowest BCUT2D eigenvalue weighted by Crippen LogP contribution is -2.08. The number of carbonyl (C=O) groups excluding carboxylic acids is 3. The molecule has 2 unspecified atom stereocenters. The molecule has 2 aromatic rings. The first-order valence-corrected chi connectivity index (χ1v) is 9.21. The molecule has 1 N–H and O–H groups in total. The zero-order valence-corrected chi connectivity index (χ0v) is 17.4. The van der Waals surface area contributed by atoms with Crippen molar-refractivity contribution in [2.45, 2.75) is 61.3 Å². The number of ketones is 2. The second-order valence-electron chi connectivity index (χ2n) is 6.00. The van der Waals surface area contributed by atoms with Crippen LogP contribution in [0.15, 0.2) is 30.5 Å². The van der Waals surface area contributed by atoms with Gasteiger partial charge in [-0.1, -0.05) is 52.8 Å². The Balaban J connectivity index is 0. The van der Waals surface area contributed by atoms with Gasteiger partial charge in [-0.25, -0.2) is 0 Å². The average Bonchev–Trinajstić information content (AvgIpc) is 3.07. The van der Waals surface area contributed by atoms with Crippen molar-refractivity contribution in [2.24, 2.45) is 11.8 Å². The van der Waals surface area contributed by atoms with Crippen LogP contribution in [0.5, 0.6) is 0 Å². The third-order valence-electron chi connectivity index (χ3n) is 4.20. The van der Waals surface area contributed by atoms with E-state index in [1.165, 1.54) is 10.9 Å². The Morgan fingerprint density at radius 1 is 1.00 bits per heavy atom. The zero-order chi connectivity index (χ0) is 20.7. The van der Waals surface area contributed by atoms with Gasteiger partial charge in [0.2, 0.25) is 0 Å². The number of H-pyrrole nitrogens is 1. The molecule has 0 saturated carbocycles. The molecule has 0 spiro atoms. The lowest BCUT2D eigenvalue weighted by atomic mass is 9.98. The SMILES string of the molecule is C=O.CC.CC(=O)C(C)Cc1c[nH]c2ccccc12.CCC(C)C(C)=O. The van der Waals surface area contributed by atoms with Crippen molar-refractivity contribution in [1.82, 2.24) is 4.98 Å². The number of carbonyl (C=O) groups is 3. The van der Waals surface area contributed by atoms with Gasteiger partial charge in [-0.15, -0.1) is 0 Å². The highest BCUT2D eigenvalue weighted by Crippen LogP contribution is 2.20. The molecule has 0 bridgehead atoms. The molecule has 146 valence electrons. The van der Waals surface area contributed by atoms with Gasteiger partial charge in [0.05, 0.1) is 0 Å². The van der Waals surface area contributed by atoms with Crippen molar-refractivity contribution in [3.8, 4) is 0 Å². The number of aromatic amines is 1. The third-order valence-corrected chi connectivity index (χ3v) is 4.20. The Kier molecular flexibility index (Phi) is 15.1. The molecule has 0 aliphatic carbocycles. The minimum atomic E-state index is 0.101. The first-order chi connectivity index (χ1) is 12.4. The van der Waals surface area contributed by atoms with Gasteiger partial charge in [0.15, 0.2) is 0 Å². The largest absolute Gasteiger partial charge is 0.361 e. The van der Waals surface area contributed by atoms with Crippen LogP contribution >= 0.6 is 0 Å². The number of nitrogens with one attached hydrogen (secondary N) is 1. The van der Waals surface area contributed by atoms with Crippen molar-refractivity contribution in [3.63, 3.8) is 0 Å². The fraction of sp³-hybridized carbons (Fsp3) is 0.500. The average molecular weight is 362 g/mol. The van der Waals surface area contributed by atoms with E-state index in [4.69, 9.17) is 4.79 Å². The van der Waals surface area contributed by atoms with Crippen LogP contribution in [-0.4, -0.2) is 23.3 Å². The molecule has 1 heterocycles. The van der Waals surface area contributed by atoms with Crippen LogP contribution in [0.2, 0.25) is 0 Å². The Bertz CT molecular complexity index is 646. The topological polar surface area (TPSA) is 67.0 Å². The minimum absolute atomic E-state index is 0.101. The van der Waals surface area contributed by atoms with Gasteiger partial charge < -0.3 is 9.78 Å². The first kappa shape index (κ1) is 26.0. The summed E-state index contributed by atoms with van der Waals surface area (Å²) in [7, 11) is 0. The molecule has 4 nitrogen and oxygen atoms in total. The fourth-order valence-corrected chi connectivity index (χ4v) is 2.06. The number of hydrogen-bond donors (Lipinski definition) is 1. The Morgan fingerprint density at radius 2 is 1.50 bits per heavy atom. The van der Waals surface area contributed by atoms with Crippen molar-refractivity contribution in [1.29, 1.82) is 0 Å². The van der Waals surface area contributed by atoms with Gasteiger partial charge in [0, 0.05) is 28.9 Å². The second-order valence-corrected chi connectivity index (χ2v) is 6.00. The van der Waals surface area contributed by atoms with Crippen molar-refractivity contribution in [3.05, 3.63) is 36.0 Å². The highest BCUT2D eigenvalue weighted by atomic mass is 16.1. The van der Waals surface area contributed by atoms with Gasteiger partial charge in [0.1, 0.15) is 18.4 Å². The van der Waals surface area contributed by atoms with E-state index in [0.717, 1.165) is 18.4 Å². The molecular formula is C22H35NO3. The van der Waals surface area contributed by atoms with Gasteiger partial charge in [-0.05, 0) is 38.3 Å². The monoisotopic (exact) mass is 361 g/mol. The maximum absolute atomic E-state index is 11.2. The van der Waals surface area contributed by atoms with Crippen molar-refractivity contribution < 1.29 is 14.4 Å². The van der Waals surface area contributed by atoms with Crippen LogP contribution in [0.4, 0.5) is 0 Å². The summed E-state index contributed by atoms with van der Waals surface area (Å²) in [5.74, 6) is 0.909. The minimum Gasteiger partial charge on any atom is -0.361 e. The van der Waals surface area contributed by atoms with E-state index in [2.05, 4.69) is 17.1 Å². The Morgan fingerprint density at radius 3 is 1.92 bits per heavy atom. The summed E-state index contributed by atoms with van der Waals surface area (Å²) in [4.78, 5) is 32.8. The molecule has 26 heavy (non-hydrogen) atoms. The van der Waals surface area contributed by atoms with Gasteiger partial charge in [-0.2, -0.15) is 0 Å². The third kappa shape index (κ3) is 9.30. The molecule has 0 aliphatic rings. The van der Waals surface area contributed by atoms with Gasteiger partial charge in [0.25, 0.3) is 0 Å². The number of aromatic nitrogens is 1. The standard InChI is InChI=1S/C13H15NO.C6H12O.C2H6.CH2O/c1-9(10(2)15)7-11-8-14-13-6-4-3-5-12(11)13;1-4-5(2)6(3)7;2*1-2/h3-6,8-9,14H,7H2,1-2H3;5H,4H2,1-3H3;1-2H3;1H2. The maximum Gasteiger partial charge on any atom is 0.132 e. The zero-order valence-electron chi connectivity index (χ0n) is 17.4. The van der Waals surface area contributed by atoms with Crippen molar-refractivity contribution in [2.75, 3.05) is 0 Å². The van der Waals surface area contributed by atoms with Crippen LogP contribution in [0, 0.1) is 11.8 Å². The number of fused-ring (bicyclic) bond motifs is 1. The van der Waals surface area contributed by atoms with Gasteiger partial charge >= 0.3 is 0 Å².